The van der Waals surface area contributed by atoms with Crippen LogP contribution in [0.4, 0.5) is 0 Å². The Kier molecular flexibility index (Phi) is 8.52. The van der Waals surface area contributed by atoms with Gasteiger partial charge in [0.25, 0.3) is 5.91 Å². The Labute approximate surface area is 243 Å². The molecule has 5 rings (SSSR count). The van der Waals surface area contributed by atoms with Crippen LogP contribution >= 0.6 is 0 Å². The molecule has 0 saturated carbocycles. The Hall–Kier alpha value is -3.23. The van der Waals surface area contributed by atoms with Gasteiger partial charge in [0.15, 0.2) is 0 Å². The van der Waals surface area contributed by atoms with E-state index < -0.39 is 35.7 Å². The second-order valence-corrected chi connectivity index (χ2v) is 12.3. The lowest BCUT2D eigenvalue weighted by Gasteiger charge is -2.36. The van der Waals surface area contributed by atoms with Crippen molar-refractivity contribution in [3.63, 3.8) is 0 Å². The monoisotopic (exact) mass is 561 g/mol. The number of ether oxygens (including phenoxy) is 3. The van der Waals surface area contributed by atoms with E-state index in [1.54, 1.807) is 11.8 Å². The predicted molar refractivity (Wildman–Crippen MR) is 157 cm³/mol. The molecule has 0 aliphatic carbocycles. The van der Waals surface area contributed by atoms with Gasteiger partial charge in [0.1, 0.15) is 24.6 Å². The third-order valence-corrected chi connectivity index (χ3v) is 8.63. The average molecular weight is 562 g/mol. The van der Waals surface area contributed by atoms with Crippen LogP contribution in [0.15, 0.2) is 48.5 Å². The SMILES string of the molecule is CCOC(=O)[C@@H]1[C@@H](C(C)(C)C)[C@H](OCc2nc3ccccc3n2C)[C@H](c2ccccc2C)N1C(=O)[C@@H]1CCCCO1. The van der Waals surface area contributed by atoms with E-state index in [0.717, 1.165) is 40.8 Å². The average Bonchev–Trinajstić information content (AvgIpc) is 3.47. The summed E-state index contributed by atoms with van der Waals surface area (Å²) in [4.78, 5) is 34.8. The standard InChI is InChI=1S/C33H43N3O5/c1-7-39-32(38)29-27(33(3,4)5)30(41-20-26-34-23-16-10-11-17-24(23)35(26)6)28(22-15-9-8-14-21(22)2)36(29)31(37)25-18-12-13-19-40-25/h8-11,14-17,25,27-30H,7,12-13,18-20H2,1-6H3/t25-,27+,28-,29-,30-/m0/s1. The first-order chi connectivity index (χ1) is 19.6. The van der Waals surface area contributed by atoms with Crippen molar-refractivity contribution in [2.24, 2.45) is 18.4 Å². The van der Waals surface area contributed by atoms with Gasteiger partial charge in [0.05, 0.1) is 29.8 Å². The van der Waals surface area contributed by atoms with Gasteiger partial charge in [-0.1, -0.05) is 57.2 Å². The van der Waals surface area contributed by atoms with Gasteiger partial charge in [-0.15, -0.1) is 0 Å². The van der Waals surface area contributed by atoms with Crippen molar-refractivity contribution in [2.75, 3.05) is 13.2 Å². The minimum Gasteiger partial charge on any atom is -0.464 e. The van der Waals surface area contributed by atoms with E-state index >= 15 is 0 Å². The van der Waals surface area contributed by atoms with Gasteiger partial charge in [-0.3, -0.25) is 4.79 Å². The van der Waals surface area contributed by atoms with Crippen molar-refractivity contribution in [1.29, 1.82) is 0 Å². The number of fused-ring (bicyclic) bond motifs is 1. The smallest absolute Gasteiger partial charge is 0.329 e. The Morgan fingerprint density at radius 3 is 2.46 bits per heavy atom. The summed E-state index contributed by atoms with van der Waals surface area (Å²) >= 11 is 0. The fraction of sp³-hybridized carbons (Fsp3) is 0.545. The number of amides is 1. The molecule has 2 aromatic carbocycles. The lowest BCUT2D eigenvalue weighted by atomic mass is 9.73. The molecule has 2 aliphatic rings. The lowest BCUT2D eigenvalue weighted by molar-refractivity contribution is -0.162. The molecule has 0 spiro atoms. The number of likely N-dealkylation sites (tertiary alicyclic amines) is 1. The van der Waals surface area contributed by atoms with Crippen LogP contribution in [0.1, 0.15) is 70.0 Å². The zero-order valence-electron chi connectivity index (χ0n) is 25.1. The highest BCUT2D eigenvalue weighted by molar-refractivity contribution is 5.89. The fourth-order valence-corrected chi connectivity index (χ4v) is 6.65. The molecular formula is C33H43N3O5. The second kappa shape index (κ2) is 11.9. The number of esters is 1. The number of aryl methyl sites for hydroxylation is 2. The first kappa shape index (κ1) is 29.3. The molecule has 1 amide bonds. The predicted octanol–water partition coefficient (Wildman–Crippen LogP) is 5.51. The zero-order valence-corrected chi connectivity index (χ0v) is 25.1. The van der Waals surface area contributed by atoms with Crippen LogP contribution in [0.25, 0.3) is 11.0 Å². The first-order valence-electron chi connectivity index (χ1n) is 14.8. The summed E-state index contributed by atoms with van der Waals surface area (Å²) in [5, 5.41) is 0. The van der Waals surface area contributed by atoms with Crippen LogP contribution in [0.3, 0.4) is 0 Å². The normalized spacial score (nSPS) is 25.0. The van der Waals surface area contributed by atoms with E-state index in [4.69, 9.17) is 19.2 Å². The maximum absolute atomic E-state index is 14.4. The molecule has 220 valence electrons. The molecule has 3 aromatic rings. The zero-order chi connectivity index (χ0) is 29.3. The maximum atomic E-state index is 14.4. The quantitative estimate of drug-likeness (QED) is 0.354. The maximum Gasteiger partial charge on any atom is 0.329 e. The van der Waals surface area contributed by atoms with Gasteiger partial charge in [0, 0.05) is 19.6 Å². The van der Waals surface area contributed by atoms with Crippen molar-refractivity contribution >= 4 is 22.9 Å². The summed E-state index contributed by atoms with van der Waals surface area (Å²) in [6.45, 7) is 11.2. The van der Waals surface area contributed by atoms with E-state index in [0.29, 0.717) is 13.0 Å². The highest BCUT2D eigenvalue weighted by Gasteiger charge is 2.60. The lowest BCUT2D eigenvalue weighted by Crippen LogP contribution is -2.51. The molecule has 2 saturated heterocycles. The number of rotatable bonds is 7. The Morgan fingerprint density at radius 1 is 1.07 bits per heavy atom. The number of hydrogen-bond donors (Lipinski definition) is 0. The van der Waals surface area contributed by atoms with Crippen LogP contribution in [0.5, 0.6) is 0 Å². The highest BCUT2D eigenvalue weighted by Crippen LogP contribution is 2.51. The summed E-state index contributed by atoms with van der Waals surface area (Å²) < 4.78 is 20.6. The molecule has 2 fully saturated rings. The molecule has 0 unspecified atom stereocenters. The molecule has 8 nitrogen and oxygen atoms in total. The minimum absolute atomic E-state index is 0.168. The van der Waals surface area contributed by atoms with Gasteiger partial charge < -0.3 is 23.7 Å². The molecule has 41 heavy (non-hydrogen) atoms. The Balaban J connectivity index is 1.63. The largest absolute Gasteiger partial charge is 0.464 e. The van der Waals surface area contributed by atoms with Gasteiger partial charge in [-0.2, -0.15) is 0 Å². The summed E-state index contributed by atoms with van der Waals surface area (Å²) in [7, 11) is 1.99. The molecule has 3 heterocycles. The van der Waals surface area contributed by atoms with Gasteiger partial charge >= 0.3 is 5.97 Å². The third kappa shape index (κ3) is 5.64. The number of carbonyl (C=O) groups is 2. The minimum atomic E-state index is -0.817. The molecule has 5 atom stereocenters. The van der Waals surface area contributed by atoms with Crippen molar-refractivity contribution < 1.29 is 23.8 Å². The Bertz CT molecular complexity index is 1390. The molecule has 8 heteroatoms. The van der Waals surface area contributed by atoms with Crippen LogP contribution in [-0.4, -0.2) is 57.8 Å². The molecule has 0 bridgehead atoms. The number of carbonyl (C=O) groups excluding carboxylic acids is 2. The fourth-order valence-electron chi connectivity index (χ4n) is 6.65. The number of nitrogens with zero attached hydrogens (tertiary/aromatic N) is 3. The highest BCUT2D eigenvalue weighted by atomic mass is 16.5. The second-order valence-electron chi connectivity index (χ2n) is 12.3. The van der Waals surface area contributed by atoms with Crippen LogP contribution in [0.2, 0.25) is 0 Å². The molecule has 0 radical (unpaired) electrons. The number of hydrogen-bond acceptors (Lipinski definition) is 6. The van der Waals surface area contributed by atoms with E-state index in [-0.39, 0.29) is 25.0 Å². The number of aromatic nitrogens is 2. The summed E-state index contributed by atoms with van der Waals surface area (Å²) in [5.74, 6) is -0.119. The van der Waals surface area contributed by atoms with Crippen LogP contribution in [-0.2, 0) is 37.5 Å². The number of para-hydroxylation sites is 2. The van der Waals surface area contributed by atoms with Crippen LogP contribution < -0.4 is 0 Å². The number of imidazole rings is 1. The van der Waals surface area contributed by atoms with Gasteiger partial charge in [-0.25, -0.2) is 9.78 Å². The molecular weight excluding hydrogens is 518 g/mol. The Morgan fingerprint density at radius 2 is 1.80 bits per heavy atom. The van der Waals surface area contributed by atoms with E-state index in [1.165, 1.54) is 0 Å². The van der Waals surface area contributed by atoms with Gasteiger partial charge in [-0.05, 0) is 61.8 Å². The summed E-state index contributed by atoms with van der Waals surface area (Å²) in [6, 6.07) is 14.7. The topological polar surface area (TPSA) is 82.9 Å². The summed E-state index contributed by atoms with van der Waals surface area (Å²) in [5.41, 5.74) is 3.54. The van der Waals surface area contributed by atoms with Crippen molar-refractivity contribution in [3.05, 3.63) is 65.5 Å². The first-order valence-corrected chi connectivity index (χ1v) is 14.8. The molecule has 1 aromatic heterocycles. The summed E-state index contributed by atoms with van der Waals surface area (Å²) in [6.07, 6.45) is 1.40. The van der Waals surface area contributed by atoms with E-state index in [2.05, 4.69) is 20.8 Å². The van der Waals surface area contributed by atoms with Crippen LogP contribution in [0, 0.1) is 18.3 Å². The molecule has 2 aliphatic heterocycles. The van der Waals surface area contributed by atoms with Crippen molar-refractivity contribution in [1.82, 2.24) is 14.5 Å². The van der Waals surface area contributed by atoms with E-state index in [9.17, 15) is 9.59 Å². The van der Waals surface area contributed by atoms with E-state index in [1.807, 2.05) is 67.1 Å². The van der Waals surface area contributed by atoms with Crippen molar-refractivity contribution in [3.8, 4) is 0 Å². The van der Waals surface area contributed by atoms with Crippen molar-refractivity contribution in [2.45, 2.75) is 84.8 Å². The third-order valence-electron chi connectivity index (χ3n) is 8.63. The molecule has 0 N–H and O–H groups in total. The number of benzene rings is 2. The van der Waals surface area contributed by atoms with Gasteiger partial charge in [0.2, 0.25) is 0 Å².